The Morgan fingerprint density at radius 2 is 0.983 bits per heavy atom. The Kier molecular flexibility index (Phi) is 21.9. The van der Waals surface area contributed by atoms with Gasteiger partial charge in [0.2, 0.25) is 0 Å². The van der Waals surface area contributed by atoms with Crippen LogP contribution in [-0.2, 0) is 30.7 Å². The maximum Gasteiger partial charge on any atom is 0.407 e. The van der Waals surface area contributed by atoms with Crippen LogP contribution in [0.1, 0.15) is 135 Å². The minimum atomic E-state index is -0.457. The summed E-state index contributed by atoms with van der Waals surface area (Å²) in [5.41, 5.74) is 13.3. The number of halogens is 1. The summed E-state index contributed by atoms with van der Waals surface area (Å²) in [4.78, 5) is 11.6. The monoisotopic (exact) mass is 846 g/mol. The molecule has 58 heavy (non-hydrogen) atoms. The number of rotatable bonds is 7. The second-order valence-electron chi connectivity index (χ2n) is 18.6. The number of hydrogen-bond donors (Lipinski definition) is 2. The zero-order valence-corrected chi connectivity index (χ0v) is 38.7. The van der Waals surface area contributed by atoms with Crippen LogP contribution in [0.5, 0.6) is 0 Å². The van der Waals surface area contributed by atoms with Crippen molar-refractivity contribution >= 4 is 22.0 Å². The lowest BCUT2D eigenvalue weighted by Gasteiger charge is -2.19. The van der Waals surface area contributed by atoms with Gasteiger partial charge in [0.15, 0.2) is 0 Å². The minimum absolute atomic E-state index is 0.0217. The van der Waals surface area contributed by atoms with Gasteiger partial charge in [0.05, 0.1) is 23.3 Å². The van der Waals surface area contributed by atoms with Gasteiger partial charge in [0.1, 0.15) is 5.60 Å². The quantitative estimate of drug-likeness (QED) is 0.180. The Morgan fingerprint density at radius 1 is 0.603 bits per heavy atom. The number of carbonyl (C=O) groups excluding carboxylic acids is 1. The van der Waals surface area contributed by atoms with E-state index < -0.39 is 5.60 Å². The molecule has 0 bridgehead atoms. The predicted octanol–water partition coefficient (Wildman–Crippen LogP) is 13.1. The fourth-order valence-electron chi connectivity index (χ4n) is 4.61. The van der Waals surface area contributed by atoms with Crippen molar-refractivity contribution in [2.75, 3.05) is 0 Å². The van der Waals surface area contributed by atoms with Crippen LogP contribution in [-0.4, -0.2) is 11.7 Å². The van der Waals surface area contributed by atoms with Crippen LogP contribution in [0, 0.1) is 50.7 Å². The van der Waals surface area contributed by atoms with Crippen molar-refractivity contribution in [2.24, 2.45) is 22.0 Å². The van der Waals surface area contributed by atoms with E-state index in [0.717, 1.165) is 28.4 Å². The maximum absolute atomic E-state index is 11.6. The molecule has 0 atom stereocenters. The van der Waals surface area contributed by atoms with E-state index in [4.69, 9.17) is 21.0 Å². The standard InChI is InChI=1S/C18H29NO2.C13H21N.C13H13N.C7H4BrN/c1-17(2,3)12-11-14-7-9-15(10-8-14)13-19-16(20)21-18(4,5)6;2*1-13(2,3)9-8-11-4-6-12(10-14)7-5-11;8-7-3-1-6(5-9)2-4-7/h7-10H,11-13H2,1-6H3,(H,19,20);4-7H,8-10,14H2,1-3H3;4-7H,1-3H3;1-4H. The first-order valence-electron chi connectivity index (χ1n) is 19.9. The summed E-state index contributed by atoms with van der Waals surface area (Å²) in [7, 11) is 0. The van der Waals surface area contributed by atoms with E-state index >= 15 is 0 Å². The van der Waals surface area contributed by atoms with E-state index in [-0.39, 0.29) is 11.5 Å². The molecule has 4 aromatic rings. The zero-order chi connectivity index (χ0) is 44.0. The van der Waals surface area contributed by atoms with Crippen LogP contribution in [0.2, 0.25) is 0 Å². The lowest BCUT2D eigenvalue weighted by molar-refractivity contribution is 0.0523. The largest absolute Gasteiger partial charge is 0.444 e. The van der Waals surface area contributed by atoms with E-state index in [1.54, 1.807) is 24.3 Å². The van der Waals surface area contributed by atoms with Crippen molar-refractivity contribution in [3.05, 3.63) is 140 Å². The van der Waals surface area contributed by atoms with E-state index in [1.165, 1.54) is 29.5 Å². The number of amides is 1. The molecule has 3 N–H and O–H groups in total. The molecule has 0 unspecified atom stereocenters. The molecule has 0 saturated carbocycles. The summed E-state index contributed by atoms with van der Waals surface area (Å²) in [5.74, 6) is 6.22. The molecule has 310 valence electrons. The van der Waals surface area contributed by atoms with Crippen molar-refractivity contribution in [1.29, 1.82) is 10.5 Å². The molecule has 4 aromatic carbocycles. The fourth-order valence-corrected chi connectivity index (χ4v) is 4.87. The van der Waals surface area contributed by atoms with Gasteiger partial charge < -0.3 is 15.8 Å². The van der Waals surface area contributed by atoms with Gasteiger partial charge in [-0.25, -0.2) is 4.79 Å². The molecule has 0 aliphatic rings. The zero-order valence-electron chi connectivity index (χ0n) is 37.1. The number of benzene rings is 4. The number of hydrogen-bond acceptors (Lipinski definition) is 5. The number of carbonyl (C=O) groups is 1. The highest BCUT2D eigenvalue weighted by molar-refractivity contribution is 9.10. The molecule has 0 spiro atoms. The highest BCUT2D eigenvalue weighted by Crippen LogP contribution is 2.22. The van der Waals surface area contributed by atoms with Crippen molar-refractivity contribution in [3.8, 4) is 24.0 Å². The molecular weight excluding hydrogens is 780 g/mol. The fraction of sp³-hybridized carbons (Fsp3) is 0.431. The molecule has 0 saturated heterocycles. The number of nitrogens with zero attached hydrogens (tertiary/aromatic N) is 2. The van der Waals surface area contributed by atoms with Crippen LogP contribution >= 0.6 is 15.9 Å². The highest BCUT2D eigenvalue weighted by atomic mass is 79.9. The molecule has 6 nitrogen and oxygen atoms in total. The van der Waals surface area contributed by atoms with Crippen LogP contribution in [0.25, 0.3) is 0 Å². The SMILES string of the molecule is CC(C)(C)C#Cc1ccc(C#N)cc1.CC(C)(C)CCc1ccc(CN)cc1.CC(C)(C)CCc1ccc(CNC(=O)OC(C)(C)C)cc1.N#Cc1ccc(Br)cc1. The molecule has 0 heterocycles. The summed E-state index contributed by atoms with van der Waals surface area (Å²) >= 11 is 3.27. The van der Waals surface area contributed by atoms with Gasteiger partial charge in [0, 0.05) is 28.5 Å². The molecule has 4 rings (SSSR count). The topological polar surface area (TPSA) is 112 Å². The van der Waals surface area contributed by atoms with Crippen molar-refractivity contribution in [2.45, 2.75) is 127 Å². The van der Waals surface area contributed by atoms with E-state index in [9.17, 15) is 4.79 Å². The summed E-state index contributed by atoms with van der Waals surface area (Å²) in [6, 6.07) is 35.7. The van der Waals surface area contributed by atoms with Gasteiger partial charge in [-0.15, -0.1) is 0 Å². The molecule has 1 amide bonds. The van der Waals surface area contributed by atoms with E-state index in [2.05, 4.69) is 150 Å². The maximum atomic E-state index is 11.6. The third-order valence-corrected chi connectivity index (χ3v) is 8.54. The van der Waals surface area contributed by atoms with Crippen molar-refractivity contribution in [1.82, 2.24) is 5.32 Å². The lowest BCUT2D eigenvalue weighted by atomic mass is 9.88. The summed E-state index contributed by atoms with van der Waals surface area (Å²) < 4.78 is 6.21. The number of nitriles is 2. The molecule has 7 heteroatoms. The predicted molar refractivity (Wildman–Crippen MR) is 246 cm³/mol. The average Bonchev–Trinajstić information content (AvgIpc) is 3.15. The van der Waals surface area contributed by atoms with E-state index in [1.807, 2.05) is 51.1 Å². The van der Waals surface area contributed by atoms with E-state index in [0.29, 0.717) is 35.0 Å². The van der Waals surface area contributed by atoms with Gasteiger partial charge in [-0.3, -0.25) is 0 Å². The first-order valence-corrected chi connectivity index (χ1v) is 20.7. The number of nitrogens with two attached hydrogens (primary N) is 1. The Balaban J connectivity index is 0.000000402. The molecule has 0 aromatic heterocycles. The first kappa shape index (κ1) is 51.1. The lowest BCUT2D eigenvalue weighted by Crippen LogP contribution is -2.32. The third kappa shape index (κ3) is 26.9. The smallest absolute Gasteiger partial charge is 0.407 e. The summed E-state index contributed by atoms with van der Waals surface area (Å²) in [6.45, 7) is 26.5. The summed E-state index contributed by atoms with van der Waals surface area (Å²) in [5, 5.41) is 19.7. The van der Waals surface area contributed by atoms with Crippen LogP contribution in [0.15, 0.2) is 102 Å². The third-order valence-electron chi connectivity index (χ3n) is 8.01. The number of ether oxygens (including phenoxy) is 1. The van der Waals surface area contributed by atoms with Gasteiger partial charge in [-0.2, -0.15) is 10.5 Å². The normalized spacial score (nSPS) is 10.9. The minimum Gasteiger partial charge on any atom is -0.444 e. The molecular formula is C51H67BrN4O2. The van der Waals surface area contributed by atoms with Crippen LogP contribution < -0.4 is 11.1 Å². The van der Waals surface area contributed by atoms with Gasteiger partial charge in [-0.05, 0) is 149 Å². The number of aryl methyl sites for hydroxylation is 2. The van der Waals surface area contributed by atoms with Crippen molar-refractivity contribution in [3.63, 3.8) is 0 Å². The first-order chi connectivity index (χ1) is 26.9. The second-order valence-corrected chi connectivity index (χ2v) is 19.5. The Bertz CT molecular complexity index is 1930. The number of alkyl carbamates (subject to hydrolysis) is 1. The average molecular weight is 848 g/mol. The summed E-state index contributed by atoms with van der Waals surface area (Å²) in [6.07, 6.45) is 4.27. The van der Waals surface area contributed by atoms with Crippen LogP contribution in [0.4, 0.5) is 4.79 Å². The second kappa shape index (κ2) is 24.8. The molecule has 0 fully saturated rings. The van der Waals surface area contributed by atoms with Gasteiger partial charge in [-0.1, -0.05) is 118 Å². The highest BCUT2D eigenvalue weighted by Gasteiger charge is 2.16. The Labute approximate surface area is 359 Å². The Morgan fingerprint density at radius 3 is 1.34 bits per heavy atom. The Hall–Kier alpha value is -4.87. The van der Waals surface area contributed by atoms with Crippen molar-refractivity contribution < 1.29 is 9.53 Å². The molecule has 0 radical (unpaired) electrons. The van der Waals surface area contributed by atoms with Gasteiger partial charge >= 0.3 is 6.09 Å². The molecule has 0 aliphatic heterocycles. The molecule has 0 aliphatic carbocycles. The van der Waals surface area contributed by atoms with Gasteiger partial charge in [0.25, 0.3) is 0 Å². The number of nitrogens with one attached hydrogen (secondary N) is 1. The van der Waals surface area contributed by atoms with Crippen LogP contribution in [0.3, 0.4) is 0 Å².